The second-order valence-corrected chi connectivity index (χ2v) is 7.97. The highest BCUT2D eigenvalue weighted by atomic mass is 19.1. The van der Waals surface area contributed by atoms with E-state index in [1.54, 1.807) is 0 Å². The summed E-state index contributed by atoms with van der Waals surface area (Å²) in [6.45, 7) is 4.06. The number of amides is 1. The van der Waals surface area contributed by atoms with Crippen LogP contribution in [0.25, 0.3) is 5.69 Å². The number of carbonyl (C=O) groups excluding carboxylic acids is 1. The summed E-state index contributed by atoms with van der Waals surface area (Å²) in [5.74, 6) is -1.98. The number of para-hydroxylation sites is 1. The molecule has 0 spiro atoms. The average Bonchev–Trinajstić information content (AvgIpc) is 3.20. The van der Waals surface area contributed by atoms with Gasteiger partial charge in [0.2, 0.25) is 0 Å². The Balaban J connectivity index is 1.69. The molecule has 0 N–H and O–H groups in total. The van der Waals surface area contributed by atoms with Gasteiger partial charge >= 0.3 is 11.7 Å². The Hall–Kier alpha value is -4.14. The largest absolute Gasteiger partial charge is 0.377 e. The Kier molecular flexibility index (Phi) is 6.62. The second kappa shape index (κ2) is 9.78. The van der Waals surface area contributed by atoms with Crippen LogP contribution in [0, 0.1) is 25.5 Å². The number of carbonyl (C=O) groups is 1. The van der Waals surface area contributed by atoms with E-state index in [4.69, 9.17) is 0 Å². The summed E-state index contributed by atoms with van der Waals surface area (Å²) in [7, 11) is 0. The molecule has 0 bridgehead atoms. The maximum atomic E-state index is 14.2. The molecule has 0 radical (unpaired) electrons. The number of benzene rings is 3. The molecule has 0 aliphatic heterocycles. The fraction of sp³-hybridized carbons (Fsp3) is 0.200. The third kappa shape index (κ3) is 4.63. The maximum Gasteiger partial charge on any atom is 0.377 e. The van der Waals surface area contributed by atoms with Crippen LogP contribution >= 0.6 is 0 Å². The van der Waals surface area contributed by atoms with Gasteiger partial charge in [0, 0.05) is 12.2 Å². The fourth-order valence-corrected chi connectivity index (χ4v) is 3.73. The standard InChI is InChI=1S/C25H23F2N5O2/c1-17-13-14-18(2)22(16-17)30(15-7-10-19-8-4-3-5-9-19)24(33)32-25(34)31(28-29-32)23-20(26)11-6-12-21(23)27/h3-6,8-9,11-14,16H,7,10,15H2,1-2H3. The van der Waals surface area contributed by atoms with Crippen LogP contribution in [-0.2, 0) is 6.42 Å². The van der Waals surface area contributed by atoms with Crippen LogP contribution in [0.5, 0.6) is 0 Å². The number of rotatable bonds is 6. The lowest BCUT2D eigenvalue weighted by Crippen LogP contribution is -2.42. The van der Waals surface area contributed by atoms with Crippen molar-refractivity contribution in [3.63, 3.8) is 0 Å². The minimum atomic E-state index is -1.06. The first-order valence-corrected chi connectivity index (χ1v) is 10.8. The van der Waals surface area contributed by atoms with Crippen molar-refractivity contribution in [3.05, 3.63) is 106 Å². The van der Waals surface area contributed by atoms with Crippen LogP contribution in [0.3, 0.4) is 0 Å². The molecule has 34 heavy (non-hydrogen) atoms. The number of aromatic nitrogens is 4. The number of halogens is 2. The maximum absolute atomic E-state index is 14.2. The van der Waals surface area contributed by atoms with Crippen LogP contribution in [-0.4, -0.2) is 32.4 Å². The number of aryl methyl sites for hydroxylation is 3. The summed E-state index contributed by atoms with van der Waals surface area (Å²) < 4.78 is 29.4. The quantitative estimate of drug-likeness (QED) is 0.397. The van der Waals surface area contributed by atoms with Gasteiger partial charge in [-0.3, -0.25) is 4.90 Å². The third-order valence-electron chi connectivity index (χ3n) is 5.49. The van der Waals surface area contributed by atoms with Gasteiger partial charge in [-0.05, 0) is 72.0 Å². The lowest BCUT2D eigenvalue weighted by molar-refractivity contribution is 0.243. The molecule has 0 aliphatic rings. The van der Waals surface area contributed by atoms with Gasteiger partial charge in [0.1, 0.15) is 5.69 Å². The van der Waals surface area contributed by atoms with E-state index in [1.807, 2.05) is 62.4 Å². The molecule has 4 rings (SSSR count). The summed E-state index contributed by atoms with van der Waals surface area (Å²) in [5.41, 5.74) is 1.76. The lowest BCUT2D eigenvalue weighted by Gasteiger charge is -2.24. The van der Waals surface area contributed by atoms with Gasteiger partial charge in [-0.1, -0.05) is 48.5 Å². The van der Waals surface area contributed by atoms with Crippen LogP contribution in [0.1, 0.15) is 23.1 Å². The Bertz CT molecular complexity index is 1360. The molecule has 0 saturated heterocycles. The van der Waals surface area contributed by atoms with Crippen LogP contribution in [0.15, 0.2) is 71.5 Å². The predicted molar refractivity (Wildman–Crippen MR) is 124 cm³/mol. The van der Waals surface area contributed by atoms with Gasteiger partial charge in [-0.25, -0.2) is 18.4 Å². The molecule has 174 valence electrons. The molecule has 7 nitrogen and oxygen atoms in total. The first-order valence-electron chi connectivity index (χ1n) is 10.8. The zero-order valence-corrected chi connectivity index (χ0v) is 18.8. The summed E-state index contributed by atoms with van der Waals surface area (Å²) in [4.78, 5) is 27.8. The summed E-state index contributed by atoms with van der Waals surface area (Å²) >= 11 is 0. The molecule has 0 atom stereocenters. The summed E-state index contributed by atoms with van der Waals surface area (Å²) in [6.07, 6.45) is 1.34. The van der Waals surface area contributed by atoms with Crippen molar-refractivity contribution >= 4 is 11.7 Å². The summed E-state index contributed by atoms with van der Waals surface area (Å²) in [6, 6.07) is 17.9. The normalized spacial score (nSPS) is 10.9. The fourth-order valence-electron chi connectivity index (χ4n) is 3.73. The molecule has 3 aromatic carbocycles. The SMILES string of the molecule is Cc1ccc(C)c(N(CCCc2ccccc2)C(=O)n2nnn(-c3c(F)cccc3F)c2=O)c1. The van der Waals surface area contributed by atoms with Crippen molar-refractivity contribution in [2.75, 3.05) is 11.4 Å². The predicted octanol–water partition coefficient (Wildman–Crippen LogP) is 4.43. The molecular weight excluding hydrogens is 440 g/mol. The molecule has 1 aromatic heterocycles. The summed E-state index contributed by atoms with van der Waals surface area (Å²) in [5, 5.41) is 7.19. The molecule has 0 unspecified atom stereocenters. The van der Waals surface area contributed by atoms with E-state index in [-0.39, 0.29) is 0 Å². The smallest absolute Gasteiger partial charge is 0.292 e. The molecule has 0 saturated carbocycles. The first-order chi connectivity index (χ1) is 16.4. The van der Waals surface area contributed by atoms with Crippen molar-refractivity contribution in [2.24, 2.45) is 0 Å². The molecule has 0 aliphatic carbocycles. The Morgan fingerprint density at radius 3 is 2.35 bits per heavy atom. The minimum absolute atomic E-state index is 0.297. The van der Waals surface area contributed by atoms with E-state index in [1.165, 1.54) is 11.0 Å². The van der Waals surface area contributed by atoms with Crippen molar-refractivity contribution in [1.29, 1.82) is 0 Å². The van der Waals surface area contributed by atoms with Gasteiger partial charge < -0.3 is 0 Å². The molecule has 1 heterocycles. The van der Waals surface area contributed by atoms with E-state index < -0.39 is 29.0 Å². The second-order valence-electron chi connectivity index (χ2n) is 7.97. The van der Waals surface area contributed by atoms with Crippen LogP contribution < -0.4 is 10.6 Å². The molecule has 9 heteroatoms. The van der Waals surface area contributed by atoms with E-state index in [9.17, 15) is 18.4 Å². The van der Waals surface area contributed by atoms with E-state index >= 15 is 0 Å². The Morgan fingerprint density at radius 2 is 1.65 bits per heavy atom. The van der Waals surface area contributed by atoms with Gasteiger partial charge in [0.05, 0.1) is 0 Å². The van der Waals surface area contributed by atoms with E-state index in [2.05, 4.69) is 10.4 Å². The number of hydrogen-bond donors (Lipinski definition) is 0. The topological polar surface area (TPSA) is 73.0 Å². The van der Waals surface area contributed by atoms with Crippen molar-refractivity contribution in [1.82, 2.24) is 19.8 Å². The van der Waals surface area contributed by atoms with Gasteiger partial charge in [-0.15, -0.1) is 4.68 Å². The third-order valence-corrected chi connectivity index (χ3v) is 5.49. The van der Waals surface area contributed by atoms with E-state index in [0.717, 1.165) is 35.2 Å². The zero-order valence-electron chi connectivity index (χ0n) is 18.8. The Labute approximate surface area is 194 Å². The molecule has 0 fully saturated rings. The highest BCUT2D eigenvalue weighted by Crippen LogP contribution is 2.23. The highest BCUT2D eigenvalue weighted by molar-refractivity contribution is 5.93. The highest BCUT2D eigenvalue weighted by Gasteiger charge is 2.26. The monoisotopic (exact) mass is 463 g/mol. The van der Waals surface area contributed by atoms with Crippen LogP contribution in [0.2, 0.25) is 0 Å². The number of nitrogens with zero attached hydrogens (tertiary/aromatic N) is 5. The van der Waals surface area contributed by atoms with Gasteiger partial charge in [-0.2, -0.15) is 4.68 Å². The molecular formula is C25H23F2N5O2. The van der Waals surface area contributed by atoms with Gasteiger partial charge in [0.25, 0.3) is 0 Å². The van der Waals surface area contributed by atoms with E-state index in [0.29, 0.717) is 28.0 Å². The number of tetrazole rings is 1. The average molecular weight is 463 g/mol. The van der Waals surface area contributed by atoms with Crippen molar-refractivity contribution < 1.29 is 13.6 Å². The number of anilines is 1. The first kappa shape index (κ1) is 23.0. The molecule has 4 aromatic rings. The lowest BCUT2D eigenvalue weighted by atomic mass is 10.1. The van der Waals surface area contributed by atoms with Gasteiger partial charge in [0.15, 0.2) is 11.6 Å². The van der Waals surface area contributed by atoms with Crippen molar-refractivity contribution in [3.8, 4) is 5.69 Å². The minimum Gasteiger partial charge on any atom is -0.292 e. The molecule has 1 amide bonds. The number of hydrogen-bond acceptors (Lipinski definition) is 4. The van der Waals surface area contributed by atoms with Crippen molar-refractivity contribution in [2.45, 2.75) is 26.7 Å². The van der Waals surface area contributed by atoms with Crippen LogP contribution in [0.4, 0.5) is 19.3 Å². The zero-order chi connectivity index (χ0) is 24.2. The Morgan fingerprint density at radius 1 is 0.941 bits per heavy atom.